The van der Waals surface area contributed by atoms with Crippen LogP contribution < -0.4 is 10.1 Å². The molecule has 0 saturated carbocycles. The summed E-state index contributed by atoms with van der Waals surface area (Å²) in [4.78, 5) is 4.38. The van der Waals surface area contributed by atoms with Crippen LogP contribution in [0.4, 0.5) is 0 Å². The third kappa shape index (κ3) is 5.41. The maximum atomic E-state index is 9.09. The molecule has 1 atom stereocenters. The van der Waals surface area contributed by atoms with Crippen LogP contribution in [-0.2, 0) is 6.54 Å². The molecular weight excluding hydrogens is 348 g/mol. The number of aromatic nitrogens is 1. The first-order valence-electron chi connectivity index (χ1n) is 9.66. The van der Waals surface area contributed by atoms with Gasteiger partial charge in [0, 0.05) is 24.5 Å². The Bertz CT molecular complexity index is 889. The fraction of sp³-hybridized carbons (Fsp3) is 0.292. The predicted molar refractivity (Wildman–Crippen MR) is 113 cm³/mol. The van der Waals surface area contributed by atoms with Gasteiger partial charge < -0.3 is 15.2 Å². The molecule has 2 N–H and O–H groups in total. The lowest BCUT2D eigenvalue weighted by molar-refractivity contribution is 0.201. The number of aryl methyl sites for hydroxylation is 2. The highest BCUT2D eigenvalue weighted by Crippen LogP contribution is 2.27. The molecule has 2 aromatic carbocycles. The summed E-state index contributed by atoms with van der Waals surface area (Å²) in [7, 11) is 0. The van der Waals surface area contributed by atoms with Gasteiger partial charge in [-0.2, -0.15) is 0 Å². The van der Waals surface area contributed by atoms with Crippen molar-refractivity contribution in [1.82, 2.24) is 10.3 Å². The zero-order valence-electron chi connectivity index (χ0n) is 16.8. The van der Waals surface area contributed by atoms with Gasteiger partial charge in [-0.25, -0.2) is 0 Å². The number of nitrogens with zero attached hydrogens (tertiary/aromatic N) is 1. The van der Waals surface area contributed by atoms with Crippen molar-refractivity contribution in [3.63, 3.8) is 0 Å². The second-order valence-corrected chi connectivity index (χ2v) is 7.14. The number of aliphatic hydroxyl groups is 1. The first-order valence-corrected chi connectivity index (χ1v) is 9.66. The number of ether oxygens (including phenoxy) is 1. The smallest absolute Gasteiger partial charge is 0.120 e. The van der Waals surface area contributed by atoms with E-state index in [0.29, 0.717) is 6.54 Å². The van der Waals surface area contributed by atoms with Crippen LogP contribution in [-0.4, -0.2) is 23.3 Å². The molecule has 0 spiro atoms. The summed E-state index contributed by atoms with van der Waals surface area (Å²) in [6.45, 7) is 7.21. The first kappa shape index (κ1) is 20.1. The van der Waals surface area contributed by atoms with Gasteiger partial charge in [0.25, 0.3) is 0 Å². The molecular formula is C24H28N2O2. The van der Waals surface area contributed by atoms with Gasteiger partial charge in [0.05, 0.1) is 6.61 Å². The quantitative estimate of drug-likeness (QED) is 0.604. The highest BCUT2D eigenvalue weighted by Gasteiger charge is 2.08. The molecule has 0 saturated heterocycles. The van der Waals surface area contributed by atoms with Crippen LogP contribution in [0.5, 0.6) is 5.75 Å². The summed E-state index contributed by atoms with van der Waals surface area (Å²) in [6, 6.07) is 19.0. The molecule has 1 heterocycles. The second-order valence-electron chi connectivity index (χ2n) is 7.14. The van der Waals surface area contributed by atoms with Gasteiger partial charge in [0.1, 0.15) is 12.4 Å². The minimum Gasteiger partial charge on any atom is -0.491 e. The summed E-state index contributed by atoms with van der Waals surface area (Å²) >= 11 is 0. The molecule has 0 unspecified atom stereocenters. The Kier molecular flexibility index (Phi) is 6.80. The van der Waals surface area contributed by atoms with Gasteiger partial charge in [-0.05, 0) is 67.3 Å². The molecule has 0 aliphatic rings. The maximum Gasteiger partial charge on any atom is 0.120 e. The van der Waals surface area contributed by atoms with Crippen LogP contribution in [0.3, 0.4) is 0 Å². The number of hydrogen-bond acceptors (Lipinski definition) is 4. The fourth-order valence-corrected chi connectivity index (χ4v) is 3.05. The van der Waals surface area contributed by atoms with Crippen molar-refractivity contribution in [2.45, 2.75) is 33.4 Å². The van der Waals surface area contributed by atoms with E-state index in [1.807, 2.05) is 31.3 Å². The van der Waals surface area contributed by atoms with E-state index in [-0.39, 0.29) is 19.3 Å². The standard InChI is InChI=1S/C24H28N2O2/c1-17-4-7-21(8-5-17)23-12-20(13-24(14-23)28-11-10-27)15-26-19(3)22-9-6-18(2)25-16-22/h4-9,12-14,16,19,26-27H,10-11,15H2,1-3H3/t19-/m1/s1. The van der Waals surface area contributed by atoms with Crippen LogP contribution in [0.1, 0.15) is 35.3 Å². The van der Waals surface area contributed by atoms with Crippen molar-refractivity contribution < 1.29 is 9.84 Å². The van der Waals surface area contributed by atoms with Crippen molar-refractivity contribution in [3.05, 3.63) is 83.2 Å². The van der Waals surface area contributed by atoms with Crippen molar-refractivity contribution in [2.75, 3.05) is 13.2 Å². The summed E-state index contributed by atoms with van der Waals surface area (Å²) in [5.74, 6) is 0.772. The second kappa shape index (κ2) is 9.49. The van der Waals surface area contributed by atoms with Crippen molar-refractivity contribution in [1.29, 1.82) is 0 Å². The van der Waals surface area contributed by atoms with Crippen LogP contribution >= 0.6 is 0 Å². The first-order chi connectivity index (χ1) is 13.5. The Labute approximate surface area is 167 Å². The van der Waals surface area contributed by atoms with Crippen LogP contribution in [0.2, 0.25) is 0 Å². The number of pyridine rings is 1. The van der Waals surface area contributed by atoms with Gasteiger partial charge in [-0.15, -0.1) is 0 Å². The highest BCUT2D eigenvalue weighted by molar-refractivity contribution is 5.66. The Balaban J connectivity index is 1.79. The average Bonchev–Trinajstić information content (AvgIpc) is 2.71. The van der Waals surface area contributed by atoms with E-state index in [0.717, 1.165) is 33.7 Å². The Morgan fingerprint density at radius 3 is 2.46 bits per heavy atom. The van der Waals surface area contributed by atoms with E-state index in [9.17, 15) is 0 Å². The summed E-state index contributed by atoms with van der Waals surface area (Å²) < 4.78 is 5.70. The molecule has 3 aromatic rings. The summed E-state index contributed by atoms with van der Waals surface area (Å²) in [5, 5.41) is 12.7. The van der Waals surface area contributed by atoms with Gasteiger partial charge in [0.15, 0.2) is 0 Å². The van der Waals surface area contributed by atoms with Crippen LogP contribution in [0.25, 0.3) is 11.1 Å². The Hall–Kier alpha value is -2.69. The largest absolute Gasteiger partial charge is 0.491 e. The van der Waals surface area contributed by atoms with Crippen molar-refractivity contribution in [3.8, 4) is 16.9 Å². The number of aliphatic hydroxyl groups excluding tert-OH is 1. The lowest BCUT2D eigenvalue weighted by Gasteiger charge is -2.16. The van der Waals surface area contributed by atoms with Gasteiger partial charge in [-0.1, -0.05) is 35.9 Å². The van der Waals surface area contributed by atoms with E-state index in [2.05, 4.69) is 60.5 Å². The SMILES string of the molecule is Cc1ccc(-c2cc(CN[C@H](C)c3ccc(C)nc3)cc(OCCO)c2)cc1. The fourth-order valence-electron chi connectivity index (χ4n) is 3.05. The third-order valence-corrected chi connectivity index (χ3v) is 4.76. The van der Waals surface area contributed by atoms with Crippen molar-refractivity contribution >= 4 is 0 Å². The highest BCUT2D eigenvalue weighted by atomic mass is 16.5. The number of hydrogen-bond donors (Lipinski definition) is 2. The van der Waals surface area contributed by atoms with Crippen molar-refractivity contribution in [2.24, 2.45) is 0 Å². The maximum absolute atomic E-state index is 9.09. The summed E-state index contributed by atoms with van der Waals surface area (Å²) in [5.41, 5.74) is 6.82. The molecule has 28 heavy (non-hydrogen) atoms. The predicted octanol–water partition coefficient (Wildman–Crippen LogP) is 4.59. The monoisotopic (exact) mass is 376 g/mol. The zero-order valence-corrected chi connectivity index (χ0v) is 16.8. The van der Waals surface area contributed by atoms with Gasteiger partial charge in [-0.3, -0.25) is 4.98 Å². The van der Waals surface area contributed by atoms with Crippen LogP contribution in [0, 0.1) is 13.8 Å². The van der Waals surface area contributed by atoms with E-state index in [4.69, 9.17) is 9.84 Å². The molecule has 0 aliphatic heterocycles. The molecule has 146 valence electrons. The van der Waals surface area contributed by atoms with E-state index in [1.54, 1.807) is 0 Å². The Morgan fingerprint density at radius 2 is 1.79 bits per heavy atom. The number of nitrogens with one attached hydrogen (secondary N) is 1. The lowest BCUT2D eigenvalue weighted by atomic mass is 10.0. The third-order valence-electron chi connectivity index (χ3n) is 4.76. The minimum atomic E-state index is -0.000198. The zero-order chi connectivity index (χ0) is 19.9. The average molecular weight is 377 g/mol. The normalized spacial score (nSPS) is 12.0. The van der Waals surface area contributed by atoms with Crippen LogP contribution in [0.15, 0.2) is 60.8 Å². The molecule has 1 aromatic heterocycles. The molecule has 4 heteroatoms. The summed E-state index contributed by atoms with van der Waals surface area (Å²) in [6.07, 6.45) is 1.92. The number of rotatable bonds is 8. The topological polar surface area (TPSA) is 54.4 Å². The van der Waals surface area contributed by atoms with Gasteiger partial charge in [0.2, 0.25) is 0 Å². The molecule has 4 nitrogen and oxygen atoms in total. The Morgan fingerprint density at radius 1 is 1.00 bits per heavy atom. The molecule has 0 radical (unpaired) electrons. The molecule has 3 rings (SSSR count). The number of benzene rings is 2. The molecule has 0 aliphatic carbocycles. The van der Waals surface area contributed by atoms with E-state index < -0.39 is 0 Å². The molecule has 0 bridgehead atoms. The molecule has 0 fully saturated rings. The minimum absolute atomic E-state index is 0.000198. The van der Waals surface area contributed by atoms with Gasteiger partial charge >= 0.3 is 0 Å². The van der Waals surface area contributed by atoms with E-state index in [1.165, 1.54) is 5.56 Å². The molecule has 0 amide bonds. The van der Waals surface area contributed by atoms with E-state index >= 15 is 0 Å². The lowest BCUT2D eigenvalue weighted by Crippen LogP contribution is -2.18.